The van der Waals surface area contributed by atoms with Crippen LogP contribution in [0.2, 0.25) is 0 Å². The zero-order valence-electron chi connectivity index (χ0n) is 16.4. The lowest BCUT2D eigenvalue weighted by molar-refractivity contribution is 0.0958. The molecule has 0 aromatic heterocycles. The first-order chi connectivity index (χ1) is 13.1. The molecule has 1 saturated heterocycles. The Balaban J connectivity index is 1.56. The third-order valence-corrected chi connectivity index (χ3v) is 5.23. The Bertz CT molecular complexity index is 807. The van der Waals surface area contributed by atoms with Crippen molar-refractivity contribution < 1.29 is 4.79 Å². The van der Waals surface area contributed by atoms with Gasteiger partial charge in [0.2, 0.25) is 0 Å². The molecule has 0 unspecified atom stereocenters. The van der Waals surface area contributed by atoms with Crippen molar-refractivity contribution in [1.29, 1.82) is 0 Å². The lowest BCUT2D eigenvalue weighted by Crippen LogP contribution is -2.46. The van der Waals surface area contributed by atoms with Crippen molar-refractivity contribution in [3.63, 3.8) is 0 Å². The van der Waals surface area contributed by atoms with E-state index in [1.807, 2.05) is 18.2 Å². The normalized spacial score (nSPS) is 14.8. The van der Waals surface area contributed by atoms with Crippen LogP contribution in [0.4, 0.5) is 5.69 Å². The molecule has 27 heavy (non-hydrogen) atoms. The molecule has 3 rings (SSSR count). The molecule has 1 aliphatic rings. The smallest absolute Gasteiger partial charge is 0.251 e. The van der Waals surface area contributed by atoms with E-state index in [-0.39, 0.29) is 5.91 Å². The van der Waals surface area contributed by atoms with Crippen LogP contribution in [0.15, 0.2) is 55.1 Å². The van der Waals surface area contributed by atoms with Gasteiger partial charge in [0.25, 0.3) is 5.91 Å². The summed E-state index contributed by atoms with van der Waals surface area (Å²) in [5, 5.41) is 2.83. The molecule has 1 fully saturated rings. The molecule has 0 bridgehead atoms. The second kappa shape index (κ2) is 8.87. The van der Waals surface area contributed by atoms with Crippen molar-refractivity contribution in [2.75, 3.05) is 37.6 Å². The quantitative estimate of drug-likeness (QED) is 0.798. The highest BCUT2D eigenvalue weighted by atomic mass is 16.1. The van der Waals surface area contributed by atoms with Crippen LogP contribution >= 0.6 is 0 Å². The van der Waals surface area contributed by atoms with E-state index in [0.29, 0.717) is 12.1 Å². The predicted octanol–water partition coefficient (Wildman–Crippen LogP) is 3.54. The van der Waals surface area contributed by atoms with Gasteiger partial charge in [-0.25, -0.2) is 0 Å². The van der Waals surface area contributed by atoms with Crippen LogP contribution in [-0.4, -0.2) is 43.5 Å². The lowest BCUT2D eigenvalue weighted by Gasteiger charge is -2.36. The number of hydrogen-bond donors (Lipinski definition) is 1. The van der Waals surface area contributed by atoms with Crippen molar-refractivity contribution in [2.45, 2.75) is 20.4 Å². The van der Waals surface area contributed by atoms with Gasteiger partial charge in [0.05, 0.1) is 0 Å². The standard InChI is InChI=1S/C23H29N3O/c1-4-10-24-23(27)21-7-5-6-20(16-21)17-25-11-13-26(14-12-25)22-9-8-18(2)19(3)15-22/h4-9,15-16H,1,10-14,17H2,2-3H3,(H,24,27). The monoisotopic (exact) mass is 363 g/mol. The van der Waals surface area contributed by atoms with Gasteiger partial charge in [-0.1, -0.05) is 24.3 Å². The number of rotatable bonds is 6. The van der Waals surface area contributed by atoms with Gasteiger partial charge >= 0.3 is 0 Å². The zero-order chi connectivity index (χ0) is 19.2. The number of anilines is 1. The number of nitrogens with zero attached hydrogens (tertiary/aromatic N) is 2. The number of benzene rings is 2. The van der Waals surface area contributed by atoms with Crippen LogP contribution in [0.1, 0.15) is 27.0 Å². The molecule has 142 valence electrons. The number of nitrogens with one attached hydrogen (secondary N) is 1. The maximum atomic E-state index is 12.1. The van der Waals surface area contributed by atoms with Crippen LogP contribution < -0.4 is 10.2 Å². The van der Waals surface area contributed by atoms with E-state index < -0.39 is 0 Å². The van der Waals surface area contributed by atoms with Crippen molar-refractivity contribution in [3.05, 3.63) is 77.4 Å². The van der Waals surface area contributed by atoms with Gasteiger partial charge in [-0.15, -0.1) is 6.58 Å². The molecule has 0 radical (unpaired) electrons. The number of aryl methyl sites for hydroxylation is 2. The molecule has 0 spiro atoms. The third kappa shape index (κ3) is 4.98. The van der Waals surface area contributed by atoms with E-state index in [2.05, 4.69) is 59.8 Å². The Morgan fingerprint density at radius 1 is 1.07 bits per heavy atom. The number of piperazine rings is 1. The molecule has 1 N–H and O–H groups in total. The van der Waals surface area contributed by atoms with Crippen molar-refractivity contribution >= 4 is 11.6 Å². The fraction of sp³-hybridized carbons (Fsp3) is 0.348. The van der Waals surface area contributed by atoms with Gasteiger partial charge < -0.3 is 10.2 Å². The highest BCUT2D eigenvalue weighted by Crippen LogP contribution is 2.21. The molecule has 1 aliphatic heterocycles. The molecule has 2 aromatic carbocycles. The van der Waals surface area contributed by atoms with E-state index in [1.165, 1.54) is 22.4 Å². The van der Waals surface area contributed by atoms with Gasteiger partial charge in [-0.05, 0) is 54.8 Å². The van der Waals surface area contributed by atoms with E-state index in [4.69, 9.17) is 0 Å². The largest absolute Gasteiger partial charge is 0.369 e. The zero-order valence-corrected chi connectivity index (χ0v) is 16.4. The second-order valence-electron chi connectivity index (χ2n) is 7.23. The van der Waals surface area contributed by atoms with Gasteiger partial charge in [-0.2, -0.15) is 0 Å². The van der Waals surface area contributed by atoms with E-state index in [9.17, 15) is 4.79 Å². The Kier molecular flexibility index (Phi) is 6.30. The molecule has 1 heterocycles. The third-order valence-electron chi connectivity index (χ3n) is 5.23. The molecule has 0 atom stereocenters. The minimum Gasteiger partial charge on any atom is -0.369 e. The average Bonchev–Trinajstić information content (AvgIpc) is 2.69. The first-order valence-electron chi connectivity index (χ1n) is 9.59. The second-order valence-corrected chi connectivity index (χ2v) is 7.23. The van der Waals surface area contributed by atoms with Gasteiger partial charge in [0, 0.05) is 50.5 Å². The molecule has 0 saturated carbocycles. The Morgan fingerprint density at radius 2 is 1.85 bits per heavy atom. The summed E-state index contributed by atoms with van der Waals surface area (Å²) in [5.74, 6) is -0.0451. The maximum absolute atomic E-state index is 12.1. The Morgan fingerprint density at radius 3 is 2.56 bits per heavy atom. The van der Waals surface area contributed by atoms with E-state index >= 15 is 0 Å². The first-order valence-corrected chi connectivity index (χ1v) is 9.59. The molecule has 4 nitrogen and oxygen atoms in total. The number of amides is 1. The number of hydrogen-bond acceptors (Lipinski definition) is 3. The fourth-order valence-corrected chi connectivity index (χ4v) is 3.42. The molecule has 1 amide bonds. The van der Waals surface area contributed by atoms with Crippen LogP contribution in [-0.2, 0) is 6.54 Å². The Labute approximate surface area is 162 Å². The fourth-order valence-electron chi connectivity index (χ4n) is 3.42. The molecular formula is C23H29N3O. The van der Waals surface area contributed by atoms with Gasteiger partial charge in [-0.3, -0.25) is 9.69 Å². The summed E-state index contributed by atoms with van der Waals surface area (Å²) in [6.07, 6.45) is 1.69. The van der Waals surface area contributed by atoms with E-state index in [0.717, 1.165) is 32.7 Å². The maximum Gasteiger partial charge on any atom is 0.251 e. The highest BCUT2D eigenvalue weighted by molar-refractivity contribution is 5.94. The Hall–Kier alpha value is -2.59. The summed E-state index contributed by atoms with van der Waals surface area (Å²) in [7, 11) is 0. The number of carbonyl (C=O) groups is 1. The summed E-state index contributed by atoms with van der Waals surface area (Å²) < 4.78 is 0. The summed E-state index contributed by atoms with van der Waals surface area (Å²) in [4.78, 5) is 17.0. The van der Waals surface area contributed by atoms with Crippen LogP contribution in [0, 0.1) is 13.8 Å². The number of carbonyl (C=O) groups excluding carboxylic acids is 1. The highest BCUT2D eigenvalue weighted by Gasteiger charge is 2.18. The molecular weight excluding hydrogens is 334 g/mol. The van der Waals surface area contributed by atoms with Crippen molar-refractivity contribution in [1.82, 2.24) is 10.2 Å². The van der Waals surface area contributed by atoms with Crippen LogP contribution in [0.5, 0.6) is 0 Å². The molecule has 4 heteroatoms. The topological polar surface area (TPSA) is 35.6 Å². The van der Waals surface area contributed by atoms with Gasteiger partial charge in [0.15, 0.2) is 0 Å². The van der Waals surface area contributed by atoms with Crippen LogP contribution in [0.3, 0.4) is 0 Å². The minimum absolute atomic E-state index is 0.0451. The van der Waals surface area contributed by atoms with Gasteiger partial charge in [0.1, 0.15) is 0 Å². The van der Waals surface area contributed by atoms with Crippen LogP contribution in [0.25, 0.3) is 0 Å². The summed E-state index contributed by atoms with van der Waals surface area (Å²) >= 11 is 0. The van der Waals surface area contributed by atoms with Crippen molar-refractivity contribution in [3.8, 4) is 0 Å². The summed E-state index contributed by atoms with van der Waals surface area (Å²) in [5.41, 5.74) is 5.90. The molecule has 2 aromatic rings. The van der Waals surface area contributed by atoms with E-state index in [1.54, 1.807) is 6.08 Å². The first kappa shape index (κ1) is 19.2. The SMILES string of the molecule is C=CCNC(=O)c1cccc(CN2CCN(c3ccc(C)c(C)c3)CC2)c1. The average molecular weight is 364 g/mol. The summed E-state index contributed by atoms with van der Waals surface area (Å²) in [6, 6.07) is 14.6. The van der Waals surface area contributed by atoms with Crippen molar-refractivity contribution in [2.24, 2.45) is 0 Å². The lowest BCUT2D eigenvalue weighted by atomic mass is 10.1. The minimum atomic E-state index is -0.0451. The predicted molar refractivity (Wildman–Crippen MR) is 112 cm³/mol. The summed E-state index contributed by atoms with van der Waals surface area (Å²) in [6.45, 7) is 13.4. The molecule has 0 aliphatic carbocycles.